The van der Waals surface area contributed by atoms with Gasteiger partial charge in [0.2, 0.25) is 8.32 Å². The topological polar surface area (TPSA) is 24.5 Å². The van der Waals surface area contributed by atoms with Gasteiger partial charge in [0.25, 0.3) is 0 Å². The predicted molar refractivity (Wildman–Crippen MR) is 67.3 cm³/mol. The van der Waals surface area contributed by atoms with Gasteiger partial charge in [-0.05, 0) is 31.1 Å². The van der Waals surface area contributed by atoms with Crippen LogP contribution in [-0.4, -0.2) is 39.6 Å². The lowest BCUT2D eigenvalue weighted by atomic mass is 10.2. The highest BCUT2D eigenvalue weighted by Gasteiger charge is 2.39. The second kappa shape index (κ2) is 4.95. The molecule has 0 saturated carbocycles. The Morgan fingerprint density at radius 2 is 1.80 bits per heavy atom. The molecule has 1 aliphatic heterocycles. The van der Waals surface area contributed by atoms with E-state index in [1.807, 2.05) is 0 Å². The van der Waals surface area contributed by atoms with Crippen molar-refractivity contribution in [2.45, 2.75) is 45.3 Å². The molecule has 4 heteroatoms. The second-order valence-electron chi connectivity index (χ2n) is 5.88. The average molecular weight is 230 g/mol. The summed E-state index contributed by atoms with van der Waals surface area (Å²) in [5.74, 6) is 0. The van der Waals surface area contributed by atoms with Crippen LogP contribution in [0.3, 0.4) is 0 Å². The molecule has 1 heterocycles. The summed E-state index contributed by atoms with van der Waals surface area (Å²) in [6.07, 6.45) is 1.19. The molecule has 1 N–H and O–H groups in total. The molecule has 0 spiro atoms. The van der Waals surface area contributed by atoms with Crippen LogP contribution in [0.5, 0.6) is 0 Å². The fourth-order valence-corrected chi connectivity index (χ4v) is 2.47. The zero-order valence-electron chi connectivity index (χ0n) is 10.9. The third kappa shape index (κ3) is 3.87. The van der Waals surface area contributed by atoms with Gasteiger partial charge in [0.05, 0.1) is 0 Å². The fourth-order valence-electron chi connectivity index (χ4n) is 1.37. The van der Waals surface area contributed by atoms with Crippen molar-refractivity contribution >= 4 is 8.32 Å². The van der Waals surface area contributed by atoms with Crippen LogP contribution < -0.4 is 5.32 Å². The molecule has 0 unspecified atom stereocenters. The monoisotopic (exact) mass is 230 g/mol. The summed E-state index contributed by atoms with van der Waals surface area (Å²) in [7, 11) is -1.62. The van der Waals surface area contributed by atoms with Crippen molar-refractivity contribution in [3.63, 3.8) is 0 Å². The summed E-state index contributed by atoms with van der Waals surface area (Å²) in [5.41, 5.74) is 0. The molecular weight excluding hydrogens is 204 g/mol. The molecule has 0 atom stereocenters. The van der Waals surface area contributed by atoms with Gasteiger partial charge in [-0.2, -0.15) is 0 Å². The van der Waals surface area contributed by atoms with Gasteiger partial charge in [-0.3, -0.25) is 0 Å². The van der Waals surface area contributed by atoms with E-state index in [2.05, 4.69) is 44.2 Å². The first kappa shape index (κ1) is 13.2. The molecule has 0 bridgehead atoms. The minimum atomic E-state index is -1.62. The van der Waals surface area contributed by atoms with Crippen molar-refractivity contribution in [1.29, 1.82) is 0 Å². The Hall–Kier alpha value is 0.0969. The van der Waals surface area contributed by atoms with E-state index in [1.165, 1.54) is 6.42 Å². The summed E-state index contributed by atoms with van der Waals surface area (Å²) in [6, 6.07) is 0. The minimum Gasteiger partial charge on any atom is -0.342 e. The first-order valence-corrected chi connectivity index (χ1v) is 8.88. The molecule has 0 aromatic carbocycles. The molecule has 1 rings (SSSR count). The van der Waals surface area contributed by atoms with Gasteiger partial charge < -0.3 is 9.84 Å². The molecule has 1 fully saturated rings. The second-order valence-corrected chi connectivity index (χ2v) is 10.6. The number of rotatable bonds is 2. The fraction of sp³-hybridized carbons (Fsp3) is 1.00. The van der Waals surface area contributed by atoms with Crippen molar-refractivity contribution in [3.8, 4) is 0 Å². The largest absolute Gasteiger partial charge is 0.342 e. The summed E-state index contributed by atoms with van der Waals surface area (Å²) in [4.78, 5) is 0. The molecule has 0 aliphatic carbocycles. The maximum absolute atomic E-state index is 6.26. The van der Waals surface area contributed by atoms with E-state index < -0.39 is 8.32 Å². The molecular formula is C11H26N2OSi. The van der Waals surface area contributed by atoms with Crippen LogP contribution in [-0.2, 0) is 4.53 Å². The van der Waals surface area contributed by atoms with Crippen LogP contribution in [0, 0.1) is 0 Å². The lowest BCUT2D eigenvalue weighted by Crippen LogP contribution is -2.47. The normalized spacial score (nSPS) is 21.4. The van der Waals surface area contributed by atoms with Crippen molar-refractivity contribution in [1.82, 2.24) is 10.4 Å². The Kier molecular flexibility index (Phi) is 4.35. The molecule has 90 valence electrons. The Morgan fingerprint density at radius 3 is 2.40 bits per heavy atom. The van der Waals surface area contributed by atoms with Crippen LogP contribution in [0.1, 0.15) is 27.2 Å². The molecule has 0 aromatic heterocycles. The van der Waals surface area contributed by atoms with Gasteiger partial charge in [0.15, 0.2) is 0 Å². The van der Waals surface area contributed by atoms with E-state index in [4.69, 9.17) is 4.53 Å². The van der Waals surface area contributed by atoms with E-state index in [0.29, 0.717) is 5.04 Å². The highest BCUT2D eigenvalue weighted by molar-refractivity contribution is 6.74. The zero-order valence-corrected chi connectivity index (χ0v) is 11.9. The summed E-state index contributed by atoms with van der Waals surface area (Å²) >= 11 is 0. The van der Waals surface area contributed by atoms with Gasteiger partial charge in [-0.15, -0.1) is 0 Å². The maximum atomic E-state index is 6.26. The first-order chi connectivity index (χ1) is 6.83. The van der Waals surface area contributed by atoms with E-state index >= 15 is 0 Å². The Balaban J connectivity index is 2.51. The van der Waals surface area contributed by atoms with Crippen molar-refractivity contribution in [2.75, 3.05) is 26.2 Å². The Bertz CT molecular complexity index is 193. The van der Waals surface area contributed by atoms with Gasteiger partial charge in [-0.1, -0.05) is 20.8 Å². The van der Waals surface area contributed by atoms with Crippen molar-refractivity contribution < 1.29 is 4.53 Å². The zero-order chi connectivity index (χ0) is 11.5. The number of hydrogen-bond donors (Lipinski definition) is 1. The van der Waals surface area contributed by atoms with Crippen LogP contribution >= 0.6 is 0 Å². The van der Waals surface area contributed by atoms with E-state index in [1.54, 1.807) is 0 Å². The van der Waals surface area contributed by atoms with Crippen molar-refractivity contribution in [2.24, 2.45) is 0 Å². The van der Waals surface area contributed by atoms with Gasteiger partial charge in [0, 0.05) is 19.6 Å². The summed E-state index contributed by atoms with van der Waals surface area (Å²) in [6.45, 7) is 15.7. The smallest absolute Gasteiger partial charge is 0.220 e. The quantitative estimate of drug-likeness (QED) is 0.736. The molecule has 15 heavy (non-hydrogen) atoms. The number of nitrogens with zero attached hydrogens (tertiary/aromatic N) is 1. The Labute approximate surface area is 95.3 Å². The van der Waals surface area contributed by atoms with E-state index in [0.717, 1.165) is 26.2 Å². The number of hydrogen-bond acceptors (Lipinski definition) is 3. The lowest BCUT2D eigenvalue weighted by molar-refractivity contribution is -0.0673. The molecule has 1 aliphatic rings. The summed E-state index contributed by atoms with van der Waals surface area (Å²) < 4.78 is 6.26. The van der Waals surface area contributed by atoms with E-state index in [9.17, 15) is 0 Å². The molecule has 1 saturated heterocycles. The third-order valence-electron chi connectivity index (χ3n) is 3.46. The molecule has 3 nitrogen and oxygen atoms in total. The molecule has 0 amide bonds. The standard InChI is InChI=1S/C11H26N2OSi/c1-11(2,3)15(4,5)14-13-9-6-7-12-8-10-13/h12H,6-10H2,1-5H3. The molecule has 0 aromatic rings. The minimum absolute atomic E-state index is 0.298. The Morgan fingerprint density at radius 1 is 1.13 bits per heavy atom. The third-order valence-corrected chi connectivity index (χ3v) is 7.79. The average Bonchev–Trinajstić information content (AvgIpc) is 2.30. The van der Waals surface area contributed by atoms with E-state index in [-0.39, 0.29) is 0 Å². The molecule has 0 radical (unpaired) electrons. The maximum Gasteiger partial charge on any atom is 0.220 e. The van der Waals surface area contributed by atoms with Crippen LogP contribution in [0.15, 0.2) is 0 Å². The highest BCUT2D eigenvalue weighted by Crippen LogP contribution is 2.37. The van der Waals surface area contributed by atoms with Gasteiger partial charge in [0.1, 0.15) is 0 Å². The summed E-state index contributed by atoms with van der Waals surface area (Å²) in [5, 5.41) is 5.87. The number of nitrogens with one attached hydrogen (secondary N) is 1. The predicted octanol–water partition coefficient (Wildman–Crippen LogP) is 2.22. The van der Waals surface area contributed by atoms with Crippen LogP contribution in [0.4, 0.5) is 0 Å². The highest BCUT2D eigenvalue weighted by atomic mass is 28.4. The lowest BCUT2D eigenvalue weighted by Gasteiger charge is -2.39. The van der Waals surface area contributed by atoms with Gasteiger partial charge in [-0.25, -0.2) is 5.06 Å². The van der Waals surface area contributed by atoms with Crippen molar-refractivity contribution in [3.05, 3.63) is 0 Å². The van der Waals surface area contributed by atoms with Gasteiger partial charge >= 0.3 is 0 Å². The number of hydroxylamine groups is 2. The van der Waals surface area contributed by atoms with Crippen LogP contribution in [0.2, 0.25) is 18.1 Å². The van der Waals surface area contributed by atoms with Crippen LogP contribution in [0.25, 0.3) is 0 Å². The first-order valence-electron chi connectivity index (χ1n) is 5.98. The SMILES string of the molecule is CC(C)(C)[Si](C)(C)ON1CCCNCC1.